The monoisotopic (exact) mass is 377 g/mol. The van der Waals surface area contributed by atoms with Gasteiger partial charge in [0.25, 0.3) is 0 Å². The fourth-order valence-electron chi connectivity index (χ4n) is 3.15. The van der Waals surface area contributed by atoms with Gasteiger partial charge in [0.1, 0.15) is 23.5 Å². The Labute approximate surface area is 157 Å². The minimum atomic E-state index is -1.16. The van der Waals surface area contributed by atoms with Gasteiger partial charge in [-0.15, -0.1) is 0 Å². The molecule has 2 heterocycles. The molecule has 1 fully saturated rings. The van der Waals surface area contributed by atoms with Crippen LogP contribution in [0.25, 0.3) is 11.3 Å². The average Bonchev–Trinajstić information content (AvgIpc) is 3.17. The molecule has 0 saturated carbocycles. The second-order valence-electron chi connectivity index (χ2n) is 6.80. The second-order valence-corrected chi connectivity index (χ2v) is 6.80. The number of esters is 1. The van der Waals surface area contributed by atoms with Crippen molar-refractivity contribution >= 4 is 5.97 Å². The molecular weight excluding hydrogens is 353 g/mol. The minimum absolute atomic E-state index is 0.249. The van der Waals surface area contributed by atoms with E-state index >= 15 is 0 Å². The number of nitrogens with zero attached hydrogens (tertiary/aromatic N) is 3. The number of rotatable bonds is 6. The van der Waals surface area contributed by atoms with Crippen molar-refractivity contribution in [3.05, 3.63) is 41.8 Å². The molecule has 0 radical (unpaired) electrons. The predicted octanol–water partition coefficient (Wildman–Crippen LogP) is 1.55. The molecule has 1 aromatic carbocycles. The Hall–Kier alpha value is -2.29. The number of ether oxygens (including phenoxy) is 1. The SMILES string of the molecule is COC(=O)[C@@H](CN1CCN(C)CC1)[C@@H](O)c1cc(-c2ccc(F)cc2)on1. The quantitative estimate of drug-likeness (QED) is 0.765. The van der Waals surface area contributed by atoms with Crippen LogP contribution < -0.4 is 0 Å². The molecule has 7 nitrogen and oxygen atoms in total. The van der Waals surface area contributed by atoms with E-state index in [1.807, 2.05) is 0 Å². The molecule has 2 aromatic rings. The zero-order valence-electron chi connectivity index (χ0n) is 15.5. The number of hydrogen-bond acceptors (Lipinski definition) is 7. The van der Waals surface area contributed by atoms with E-state index in [1.54, 1.807) is 18.2 Å². The first-order valence-electron chi connectivity index (χ1n) is 8.87. The van der Waals surface area contributed by atoms with Crippen LogP contribution in [0.2, 0.25) is 0 Å². The predicted molar refractivity (Wildman–Crippen MR) is 96.3 cm³/mol. The highest BCUT2D eigenvalue weighted by Crippen LogP contribution is 2.28. The number of carbonyl (C=O) groups is 1. The van der Waals surface area contributed by atoms with Gasteiger partial charge in [-0.2, -0.15) is 0 Å². The first kappa shape index (κ1) is 19.5. The van der Waals surface area contributed by atoms with Crippen molar-refractivity contribution in [2.24, 2.45) is 5.92 Å². The van der Waals surface area contributed by atoms with Crippen molar-refractivity contribution in [3.63, 3.8) is 0 Å². The van der Waals surface area contributed by atoms with Gasteiger partial charge in [0, 0.05) is 44.4 Å². The smallest absolute Gasteiger partial charge is 0.313 e. The van der Waals surface area contributed by atoms with Crippen LogP contribution >= 0.6 is 0 Å². The lowest BCUT2D eigenvalue weighted by atomic mass is 9.98. The highest BCUT2D eigenvalue weighted by Gasteiger charge is 2.33. The van der Waals surface area contributed by atoms with Crippen molar-refractivity contribution in [2.75, 3.05) is 46.9 Å². The van der Waals surface area contributed by atoms with Crippen molar-refractivity contribution < 1.29 is 23.6 Å². The Morgan fingerprint density at radius 3 is 2.59 bits per heavy atom. The highest BCUT2D eigenvalue weighted by molar-refractivity contribution is 5.73. The van der Waals surface area contributed by atoms with Gasteiger partial charge >= 0.3 is 5.97 Å². The maximum absolute atomic E-state index is 13.1. The molecule has 0 unspecified atom stereocenters. The van der Waals surface area contributed by atoms with E-state index < -0.39 is 18.0 Å². The summed E-state index contributed by atoms with van der Waals surface area (Å²) in [4.78, 5) is 16.6. The summed E-state index contributed by atoms with van der Waals surface area (Å²) in [5.74, 6) is -1.22. The third-order valence-electron chi connectivity index (χ3n) is 4.90. The molecule has 0 amide bonds. The number of carbonyl (C=O) groups excluding carboxylic acids is 1. The minimum Gasteiger partial charge on any atom is -0.469 e. The zero-order chi connectivity index (χ0) is 19.4. The van der Waals surface area contributed by atoms with E-state index in [1.165, 1.54) is 19.2 Å². The van der Waals surface area contributed by atoms with Gasteiger partial charge in [0.05, 0.1) is 7.11 Å². The molecule has 8 heteroatoms. The van der Waals surface area contributed by atoms with Crippen LogP contribution in [0.1, 0.15) is 11.8 Å². The molecule has 1 aliphatic rings. The zero-order valence-corrected chi connectivity index (χ0v) is 15.5. The summed E-state index contributed by atoms with van der Waals surface area (Å²) >= 11 is 0. The standard InChI is InChI=1S/C19H24FN3O4/c1-22-7-9-23(10-8-22)12-15(19(25)26-2)18(24)16-11-17(27-21-16)13-3-5-14(20)6-4-13/h3-6,11,15,18,24H,7-10,12H2,1-2H3/t15-,18+/m0/s1. The fourth-order valence-corrected chi connectivity index (χ4v) is 3.15. The van der Waals surface area contributed by atoms with Gasteiger partial charge in [-0.05, 0) is 31.3 Å². The summed E-state index contributed by atoms with van der Waals surface area (Å²) in [5, 5.41) is 14.7. The van der Waals surface area contributed by atoms with E-state index in [-0.39, 0.29) is 11.5 Å². The Bertz CT molecular complexity index is 757. The van der Waals surface area contributed by atoms with Crippen LogP contribution in [0.4, 0.5) is 4.39 Å². The van der Waals surface area contributed by atoms with Crippen LogP contribution in [-0.2, 0) is 9.53 Å². The van der Waals surface area contributed by atoms with Crippen LogP contribution in [0.15, 0.2) is 34.9 Å². The van der Waals surface area contributed by atoms with Gasteiger partial charge in [-0.3, -0.25) is 9.69 Å². The van der Waals surface area contributed by atoms with Crippen LogP contribution in [0, 0.1) is 11.7 Å². The number of methoxy groups -OCH3 is 1. The number of aromatic nitrogens is 1. The summed E-state index contributed by atoms with van der Waals surface area (Å²) in [5.41, 5.74) is 0.884. The number of piperazine rings is 1. The normalized spacial score (nSPS) is 18.2. The lowest BCUT2D eigenvalue weighted by Gasteiger charge is -2.34. The van der Waals surface area contributed by atoms with E-state index in [0.717, 1.165) is 26.2 Å². The Kier molecular flexibility index (Phi) is 6.20. The lowest BCUT2D eigenvalue weighted by molar-refractivity contribution is -0.151. The van der Waals surface area contributed by atoms with Crippen molar-refractivity contribution in [2.45, 2.75) is 6.10 Å². The molecule has 1 N–H and O–H groups in total. The van der Waals surface area contributed by atoms with Gasteiger partial charge in [0.2, 0.25) is 0 Å². The maximum atomic E-state index is 13.1. The Morgan fingerprint density at radius 1 is 1.30 bits per heavy atom. The summed E-state index contributed by atoms with van der Waals surface area (Å²) < 4.78 is 23.2. The van der Waals surface area contributed by atoms with Crippen LogP contribution in [0.3, 0.4) is 0 Å². The topological polar surface area (TPSA) is 79.0 Å². The summed E-state index contributed by atoms with van der Waals surface area (Å²) in [6, 6.07) is 7.33. The third-order valence-corrected chi connectivity index (χ3v) is 4.90. The average molecular weight is 377 g/mol. The van der Waals surface area contributed by atoms with E-state index in [9.17, 15) is 14.3 Å². The molecule has 0 bridgehead atoms. The number of halogens is 1. The molecule has 0 spiro atoms. The molecule has 1 aromatic heterocycles. The lowest BCUT2D eigenvalue weighted by Crippen LogP contribution is -2.48. The van der Waals surface area contributed by atoms with Crippen molar-refractivity contribution in [1.29, 1.82) is 0 Å². The first-order chi connectivity index (χ1) is 13.0. The molecule has 3 rings (SSSR count). The van der Waals surface area contributed by atoms with Crippen LogP contribution in [-0.4, -0.2) is 72.9 Å². The molecule has 27 heavy (non-hydrogen) atoms. The Balaban J connectivity index is 1.74. The van der Waals surface area contributed by atoms with Gasteiger partial charge < -0.3 is 19.3 Å². The molecular formula is C19H24FN3O4. The van der Waals surface area contributed by atoms with Gasteiger partial charge in [-0.25, -0.2) is 4.39 Å². The third kappa shape index (κ3) is 4.71. The molecule has 1 saturated heterocycles. The van der Waals surface area contributed by atoms with Crippen LogP contribution in [0.5, 0.6) is 0 Å². The summed E-state index contributed by atoms with van der Waals surface area (Å²) in [7, 11) is 3.36. The highest BCUT2D eigenvalue weighted by atomic mass is 19.1. The molecule has 0 aliphatic carbocycles. The van der Waals surface area contributed by atoms with Crippen molar-refractivity contribution in [1.82, 2.24) is 15.0 Å². The van der Waals surface area contributed by atoms with Gasteiger partial charge in [0.15, 0.2) is 5.76 Å². The maximum Gasteiger partial charge on any atom is 0.313 e. The number of aliphatic hydroxyl groups is 1. The summed E-state index contributed by atoms with van der Waals surface area (Å²) in [6.07, 6.45) is -1.16. The van der Waals surface area contributed by atoms with E-state index in [0.29, 0.717) is 17.9 Å². The number of aliphatic hydroxyl groups excluding tert-OH is 1. The van der Waals surface area contributed by atoms with E-state index in [2.05, 4.69) is 22.0 Å². The molecule has 146 valence electrons. The number of hydrogen-bond donors (Lipinski definition) is 1. The molecule has 1 aliphatic heterocycles. The van der Waals surface area contributed by atoms with Crippen molar-refractivity contribution in [3.8, 4) is 11.3 Å². The first-order valence-corrected chi connectivity index (χ1v) is 8.87. The Morgan fingerprint density at radius 2 is 1.96 bits per heavy atom. The number of benzene rings is 1. The number of likely N-dealkylation sites (N-methyl/N-ethyl adjacent to an activating group) is 1. The van der Waals surface area contributed by atoms with E-state index in [4.69, 9.17) is 9.26 Å². The fraction of sp³-hybridized carbons (Fsp3) is 0.474. The second kappa shape index (κ2) is 8.60. The largest absolute Gasteiger partial charge is 0.469 e. The van der Waals surface area contributed by atoms with Gasteiger partial charge in [-0.1, -0.05) is 5.16 Å². The molecule has 2 atom stereocenters. The summed E-state index contributed by atoms with van der Waals surface area (Å²) in [6.45, 7) is 3.82.